The molecule has 1 aromatic heterocycles. The fourth-order valence-electron chi connectivity index (χ4n) is 1.64. The third-order valence-corrected chi connectivity index (χ3v) is 2.94. The minimum absolute atomic E-state index is 0.212. The molecule has 0 aliphatic rings. The molecule has 0 amide bonds. The first kappa shape index (κ1) is 15.0. The molecular formula is C15H20N4O2. The lowest BCUT2D eigenvalue weighted by Crippen LogP contribution is -2.06. The predicted molar refractivity (Wildman–Crippen MR) is 81.1 cm³/mol. The molecule has 2 aromatic rings. The third kappa shape index (κ3) is 4.05. The molecule has 0 saturated heterocycles. The molecule has 1 aromatic carbocycles. The lowest BCUT2D eigenvalue weighted by molar-refractivity contribution is 0.285. The van der Waals surface area contributed by atoms with Gasteiger partial charge in [0.05, 0.1) is 6.61 Å². The van der Waals surface area contributed by atoms with Crippen molar-refractivity contribution in [2.75, 3.05) is 19.0 Å². The van der Waals surface area contributed by atoms with Gasteiger partial charge in [0, 0.05) is 7.05 Å². The van der Waals surface area contributed by atoms with E-state index in [-0.39, 0.29) is 12.0 Å². The van der Waals surface area contributed by atoms with Gasteiger partial charge in [-0.15, -0.1) is 4.98 Å². The Bertz CT molecular complexity index is 617. The van der Waals surface area contributed by atoms with Crippen LogP contribution in [0.5, 0.6) is 17.8 Å². The van der Waals surface area contributed by atoms with E-state index in [0.29, 0.717) is 18.3 Å². The van der Waals surface area contributed by atoms with E-state index in [0.717, 1.165) is 12.0 Å². The van der Waals surface area contributed by atoms with Crippen LogP contribution in [0.2, 0.25) is 0 Å². The Morgan fingerprint density at radius 2 is 1.81 bits per heavy atom. The average Bonchev–Trinajstić information content (AvgIpc) is 2.48. The van der Waals surface area contributed by atoms with Gasteiger partial charge in [0.2, 0.25) is 5.95 Å². The molecule has 0 aliphatic heterocycles. The summed E-state index contributed by atoms with van der Waals surface area (Å²) in [7, 11) is 1.73. The highest BCUT2D eigenvalue weighted by Gasteiger charge is 2.09. The van der Waals surface area contributed by atoms with Gasteiger partial charge < -0.3 is 14.8 Å². The molecule has 0 radical (unpaired) electrons. The standard InChI is InChI=1S/C15H20N4O2/c1-5-8-20-14-17-13(16-4)18-15(19-14)21-12-7-6-10(2)11(3)9-12/h6-7,9H,5,8H2,1-4H3,(H,16,17,18,19). The van der Waals surface area contributed by atoms with Crippen molar-refractivity contribution >= 4 is 5.95 Å². The number of ether oxygens (including phenoxy) is 2. The molecule has 6 heteroatoms. The summed E-state index contributed by atoms with van der Waals surface area (Å²) in [5.41, 5.74) is 2.36. The Balaban J connectivity index is 2.23. The Morgan fingerprint density at radius 3 is 2.48 bits per heavy atom. The summed E-state index contributed by atoms with van der Waals surface area (Å²) in [4.78, 5) is 12.5. The molecule has 0 bridgehead atoms. The smallest absolute Gasteiger partial charge is 0.330 e. The highest BCUT2D eigenvalue weighted by molar-refractivity contribution is 5.36. The molecule has 0 saturated carbocycles. The SMILES string of the molecule is CCCOc1nc(NC)nc(Oc2ccc(C)c(C)c2)n1. The van der Waals surface area contributed by atoms with Gasteiger partial charge in [-0.2, -0.15) is 9.97 Å². The van der Waals surface area contributed by atoms with Crippen molar-refractivity contribution in [1.29, 1.82) is 0 Å². The van der Waals surface area contributed by atoms with E-state index >= 15 is 0 Å². The number of nitrogens with zero attached hydrogens (tertiary/aromatic N) is 3. The molecule has 2 rings (SSSR count). The van der Waals surface area contributed by atoms with E-state index in [9.17, 15) is 0 Å². The number of aryl methyl sites for hydroxylation is 2. The molecule has 112 valence electrons. The van der Waals surface area contributed by atoms with Crippen LogP contribution in [0.15, 0.2) is 18.2 Å². The van der Waals surface area contributed by atoms with Crippen LogP contribution in [0.1, 0.15) is 24.5 Å². The maximum Gasteiger partial charge on any atom is 0.330 e. The van der Waals surface area contributed by atoms with Crippen LogP contribution >= 0.6 is 0 Å². The fraction of sp³-hybridized carbons (Fsp3) is 0.400. The molecule has 0 atom stereocenters. The maximum atomic E-state index is 5.70. The van der Waals surface area contributed by atoms with Crippen LogP contribution in [0.4, 0.5) is 5.95 Å². The largest absolute Gasteiger partial charge is 0.463 e. The van der Waals surface area contributed by atoms with E-state index in [1.165, 1.54) is 5.56 Å². The van der Waals surface area contributed by atoms with Gasteiger partial charge in [-0.25, -0.2) is 0 Å². The highest BCUT2D eigenvalue weighted by Crippen LogP contribution is 2.22. The number of benzene rings is 1. The number of hydrogen-bond acceptors (Lipinski definition) is 6. The molecular weight excluding hydrogens is 268 g/mol. The lowest BCUT2D eigenvalue weighted by atomic mass is 10.1. The molecule has 0 fully saturated rings. The van der Waals surface area contributed by atoms with Gasteiger partial charge in [-0.1, -0.05) is 13.0 Å². The summed E-state index contributed by atoms with van der Waals surface area (Å²) in [5.74, 6) is 1.10. The molecule has 6 nitrogen and oxygen atoms in total. The van der Waals surface area contributed by atoms with E-state index in [1.54, 1.807) is 7.05 Å². The summed E-state index contributed by atoms with van der Waals surface area (Å²) < 4.78 is 11.1. The minimum Gasteiger partial charge on any atom is -0.463 e. The minimum atomic E-state index is 0.212. The summed E-state index contributed by atoms with van der Waals surface area (Å²) >= 11 is 0. The summed E-state index contributed by atoms with van der Waals surface area (Å²) in [6, 6.07) is 6.31. The van der Waals surface area contributed by atoms with Crippen molar-refractivity contribution in [1.82, 2.24) is 15.0 Å². The van der Waals surface area contributed by atoms with Gasteiger partial charge in [0.1, 0.15) is 5.75 Å². The number of anilines is 1. The Hall–Kier alpha value is -2.37. The Kier molecular flexibility index (Phi) is 4.92. The summed E-state index contributed by atoms with van der Waals surface area (Å²) in [5, 5.41) is 2.87. The zero-order valence-corrected chi connectivity index (χ0v) is 12.8. The molecule has 0 unspecified atom stereocenters. The van der Waals surface area contributed by atoms with Gasteiger partial charge in [0.25, 0.3) is 0 Å². The fourth-order valence-corrected chi connectivity index (χ4v) is 1.64. The molecule has 1 heterocycles. The van der Waals surface area contributed by atoms with Crippen LogP contribution < -0.4 is 14.8 Å². The second-order valence-corrected chi connectivity index (χ2v) is 4.67. The van der Waals surface area contributed by atoms with E-state index in [2.05, 4.69) is 27.2 Å². The molecule has 0 aliphatic carbocycles. The maximum absolute atomic E-state index is 5.70. The molecule has 21 heavy (non-hydrogen) atoms. The topological polar surface area (TPSA) is 69.2 Å². The zero-order valence-electron chi connectivity index (χ0n) is 12.8. The second-order valence-electron chi connectivity index (χ2n) is 4.67. The van der Waals surface area contributed by atoms with Gasteiger partial charge >= 0.3 is 12.0 Å². The van der Waals surface area contributed by atoms with Crippen molar-refractivity contribution in [3.63, 3.8) is 0 Å². The monoisotopic (exact) mass is 288 g/mol. The van der Waals surface area contributed by atoms with Gasteiger partial charge in [-0.05, 0) is 43.5 Å². The van der Waals surface area contributed by atoms with Crippen molar-refractivity contribution in [3.05, 3.63) is 29.3 Å². The van der Waals surface area contributed by atoms with Crippen LogP contribution in [-0.4, -0.2) is 28.6 Å². The van der Waals surface area contributed by atoms with Crippen molar-refractivity contribution in [2.45, 2.75) is 27.2 Å². The van der Waals surface area contributed by atoms with Crippen LogP contribution in [-0.2, 0) is 0 Å². The number of aromatic nitrogens is 3. The highest BCUT2D eigenvalue weighted by atomic mass is 16.5. The predicted octanol–water partition coefficient (Wildman–Crippen LogP) is 3.11. The van der Waals surface area contributed by atoms with Crippen molar-refractivity contribution in [2.24, 2.45) is 0 Å². The lowest BCUT2D eigenvalue weighted by Gasteiger charge is -2.09. The quantitative estimate of drug-likeness (QED) is 0.880. The van der Waals surface area contributed by atoms with Crippen LogP contribution in [0.3, 0.4) is 0 Å². The first-order valence-electron chi connectivity index (χ1n) is 6.94. The zero-order chi connectivity index (χ0) is 15.2. The summed E-state index contributed by atoms with van der Waals surface area (Å²) in [6.07, 6.45) is 0.883. The Labute approximate surface area is 124 Å². The third-order valence-electron chi connectivity index (χ3n) is 2.94. The normalized spacial score (nSPS) is 10.3. The van der Waals surface area contributed by atoms with Gasteiger partial charge in [0.15, 0.2) is 0 Å². The van der Waals surface area contributed by atoms with Crippen LogP contribution in [0.25, 0.3) is 0 Å². The van der Waals surface area contributed by atoms with E-state index in [1.807, 2.05) is 32.0 Å². The first-order chi connectivity index (χ1) is 10.1. The number of nitrogens with one attached hydrogen (secondary N) is 1. The van der Waals surface area contributed by atoms with Crippen molar-refractivity contribution < 1.29 is 9.47 Å². The van der Waals surface area contributed by atoms with Gasteiger partial charge in [-0.3, -0.25) is 0 Å². The molecule has 0 spiro atoms. The van der Waals surface area contributed by atoms with Crippen LogP contribution in [0, 0.1) is 13.8 Å². The molecule has 1 N–H and O–H groups in total. The van der Waals surface area contributed by atoms with E-state index < -0.39 is 0 Å². The second kappa shape index (κ2) is 6.88. The first-order valence-corrected chi connectivity index (χ1v) is 6.94. The Morgan fingerprint density at radius 1 is 1.05 bits per heavy atom. The van der Waals surface area contributed by atoms with E-state index in [4.69, 9.17) is 9.47 Å². The number of hydrogen-bond donors (Lipinski definition) is 1. The number of rotatable bonds is 6. The summed E-state index contributed by atoms with van der Waals surface area (Å²) in [6.45, 7) is 6.66. The average molecular weight is 288 g/mol. The van der Waals surface area contributed by atoms with Crippen molar-refractivity contribution in [3.8, 4) is 17.8 Å².